The molecule has 2 nitrogen and oxygen atoms in total. The first-order valence-corrected chi connectivity index (χ1v) is 7.14. The molecular formula is C16H19BrN2. The van der Waals surface area contributed by atoms with Gasteiger partial charge in [0.15, 0.2) is 0 Å². The minimum absolute atomic E-state index is 0.0510. The Hall–Kier alpha value is -1.32. The van der Waals surface area contributed by atoms with E-state index in [9.17, 15) is 0 Å². The number of rotatable bonds is 3. The van der Waals surface area contributed by atoms with Crippen molar-refractivity contribution >= 4 is 27.3 Å². The average Bonchev–Trinajstić information content (AvgIpc) is 2.38. The first-order chi connectivity index (χ1) is 8.99. The van der Waals surface area contributed by atoms with Crippen molar-refractivity contribution in [3.8, 4) is 0 Å². The largest absolute Gasteiger partial charge is 0.344 e. The fourth-order valence-electron chi connectivity index (χ4n) is 1.99. The molecule has 0 aliphatic rings. The van der Waals surface area contributed by atoms with Crippen molar-refractivity contribution < 1.29 is 0 Å². The van der Waals surface area contributed by atoms with Gasteiger partial charge in [0.2, 0.25) is 0 Å². The number of anilines is 2. The molecule has 0 aromatic heterocycles. The number of hydrogen-bond acceptors (Lipinski definition) is 2. The SMILES string of the molecule is Cc1ccc(N(C)c2ccc([C@@H](C)N)cc2Br)cc1. The Kier molecular flexibility index (Phi) is 4.27. The van der Waals surface area contributed by atoms with E-state index in [-0.39, 0.29) is 6.04 Å². The predicted octanol–water partition coefficient (Wildman–Crippen LogP) is 4.55. The minimum Gasteiger partial charge on any atom is -0.344 e. The molecular weight excluding hydrogens is 300 g/mol. The first-order valence-electron chi connectivity index (χ1n) is 6.34. The molecule has 19 heavy (non-hydrogen) atoms. The molecule has 0 saturated carbocycles. The molecule has 100 valence electrons. The van der Waals surface area contributed by atoms with Gasteiger partial charge in [0.1, 0.15) is 0 Å². The van der Waals surface area contributed by atoms with Gasteiger partial charge in [0, 0.05) is 23.2 Å². The molecule has 0 aliphatic carbocycles. The Morgan fingerprint density at radius 3 is 2.26 bits per heavy atom. The van der Waals surface area contributed by atoms with Crippen molar-refractivity contribution in [2.45, 2.75) is 19.9 Å². The molecule has 2 N–H and O–H groups in total. The van der Waals surface area contributed by atoms with Crippen LogP contribution in [0.2, 0.25) is 0 Å². The van der Waals surface area contributed by atoms with Crippen molar-refractivity contribution in [3.63, 3.8) is 0 Å². The average molecular weight is 319 g/mol. The molecule has 2 aromatic carbocycles. The Morgan fingerprint density at radius 1 is 1.11 bits per heavy atom. The van der Waals surface area contributed by atoms with Crippen molar-refractivity contribution in [3.05, 3.63) is 58.1 Å². The molecule has 2 aromatic rings. The Bertz CT molecular complexity index is 561. The highest BCUT2D eigenvalue weighted by Crippen LogP contribution is 2.32. The van der Waals surface area contributed by atoms with E-state index in [0.29, 0.717) is 0 Å². The fourth-order valence-corrected chi connectivity index (χ4v) is 2.65. The third kappa shape index (κ3) is 3.17. The maximum Gasteiger partial charge on any atom is 0.0552 e. The number of benzene rings is 2. The van der Waals surface area contributed by atoms with Crippen molar-refractivity contribution in [1.82, 2.24) is 0 Å². The third-order valence-electron chi connectivity index (χ3n) is 3.28. The van der Waals surface area contributed by atoms with Gasteiger partial charge >= 0.3 is 0 Å². The number of halogens is 1. The molecule has 0 spiro atoms. The van der Waals surface area contributed by atoms with E-state index in [1.54, 1.807) is 0 Å². The normalized spacial score (nSPS) is 12.3. The van der Waals surface area contributed by atoms with E-state index < -0.39 is 0 Å². The zero-order valence-corrected chi connectivity index (χ0v) is 13.1. The zero-order chi connectivity index (χ0) is 14.0. The van der Waals surface area contributed by atoms with Crippen LogP contribution in [-0.4, -0.2) is 7.05 Å². The van der Waals surface area contributed by atoms with Gasteiger partial charge in [-0.2, -0.15) is 0 Å². The van der Waals surface area contributed by atoms with E-state index >= 15 is 0 Å². The van der Waals surface area contributed by atoms with Crippen LogP contribution in [0.25, 0.3) is 0 Å². The highest BCUT2D eigenvalue weighted by Gasteiger charge is 2.09. The van der Waals surface area contributed by atoms with Crippen LogP contribution in [0.5, 0.6) is 0 Å². The van der Waals surface area contributed by atoms with Crippen LogP contribution in [0.1, 0.15) is 24.1 Å². The maximum absolute atomic E-state index is 5.90. The van der Waals surface area contributed by atoms with Gasteiger partial charge in [-0.1, -0.05) is 23.8 Å². The first kappa shape index (κ1) is 14.1. The lowest BCUT2D eigenvalue weighted by Crippen LogP contribution is -2.11. The summed E-state index contributed by atoms with van der Waals surface area (Å²) in [6, 6.07) is 14.8. The van der Waals surface area contributed by atoms with Crippen molar-refractivity contribution in [2.24, 2.45) is 5.73 Å². The molecule has 0 heterocycles. The van der Waals surface area contributed by atoms with Crippen LogP contribution in [0.15, 0.2) is 46.9 Å². The summed E-state index contributed by atoms with van der Waals surface area (Å²) in [4.78, 5) is 2.16. The summed E-state index contributed by atoms with van der Waals surface area (Å²) in [6.07, 6.45) is 0. The summed E-state index contributed by atoms with van der Waals surface area (Å²) in [5, 5.41) is 0. The summed E-state index contributed by atoms with van der Waals surface area (Å²) in [5.74, 6) is 0. The van der Waals surface area contributed by atoms with Crippen LogP contribution in [0.3, 0.4) is 0 Å². The predicted molar refractivity (Wildman–Crippen MR) is 86.0 cm³/mol. The van der Waals surface area contributed by atoms with Crippen LogP contribution in [-0.2, 0) is 0 Å². The smallest absolute Gasteiger partial charge is 0.0552 e. The number of nitrogens with zero attached hydrogens (tertiary/aromatic N) is 1. The Labute approximate surface area is 123 Å². The van der Waals surface area contributed by atoms with Crippen molar-refractivity contribution in [1.29, 1.82) is 0 Å². The minimum atomic E-state index is 0.0510. The third-order valence-corrected chi connectivity index (χ3v) is 3.92. The summed E-state index contributed by atoms with van der Waals surface area (Å²) in [7, 11) is 2.07. The van der Waals surface area contributed by atoms with Gasteiger partial charge in [-0.3, -0.25) is 0 Å². The molecule has 0 amide bonds. The molecule has 0 unspecified atom stereocenters. The molecule has 0 bridgehead atoms. The highest BCUT2D eigenvalue weighted by atomic mass is 79.9. The molecule has 0 saturated heterocycles. The van der Waals surface area contributed by atoms with Crippen LogP contribution >= 0.6 is 15.9 Å². The molecule has 0 aliphatic heterocycles. The fraction of sp³-hybridized carbons (Fsp3) is 0.250. The monoisotopic (exact) mass is 318 g/mol. The van der Waals surface area contributed by atoms with Gasteiger partial charge < -0.3 is 10.6 Å². The summed E-state index contributed by atoms with van der Waals surface area (Å²) < 4.78 is 1.06. The van der Waals surface area contributed by atoms with Gasteiger partial charge in [-0.15, -0.1) is 0 Å². The van der Waals surface area contributed by atoms with Crippen molar-refractivity contribution in [2.75, 3.05) is 11.9 Å². The number of aryl methyl sites for hydroxylation is 1. The van der Waals surface area contributed by atoms with Crippen LogP contribution < -0.4 is 10.6 Å². The highest BCUT2D eigenvalue weighted by molar-refractivity contribution is 9.10. The zero-order valence-electron chi connectivity index (χ0n) is 11.5. The van der Waals surface area contributed by atoms with E-state index in [0.717, 1.165) is 15.7 Å². The molecule has 0 radical (unpaired) electrons. The maximum atomic E-state index is 5.90. The van der Waals surface area contributed by atoms with Gasteiger partial charge in [0.25, 0.3) is 0 Å². The topological polar surface area (TPSA) is 29.3 Å². The standard InChI is InChI=1S/C16H19BrN2/c1-11-4-7-14(8-5-11)19(3)16-9-6-13(12(2)18)10-15(16)17/h4-10,12H,18H2,1-3H3/t12-/m1/s1. The lowest BCUT2D eigenvalue weighted by Gasteiger charge is -2.22. The molecule has 0 fully saturated rings. The van der Waals surface area contributed by atoms with Crippen LogP contribution in [0, 0.1) is 6.92 Å². The van der Waals surface area contributed by atoms with Gasteiger partial charge in [-0.05, 0) is 59.6 Å². The summed E-state index contributed by atoms with van der Waals surface area (Å²) >= 11 is 3.63. The van der Waals surface area contributed by atoms with E-state index in [1.807, 2.05) is 6.92 Å². The van der Waals surface area contributed by atoms with Gasteiger partial charge in [-0.25, -0.2) is 0 Å². The lowest BCUT2D eigenvalue weighted by atomic mass is 10.1. The van der Waals surface area contributed by atoms with E-state index in [4.69, 9.17) is 5.73 Å². The molecule has 2 rings (SSSR count). The van der Waals surface area contributed by atoms with Crippen LogP contribution in [0.4, 0.5) is 11.4 Å². The summed E-state index contributed by atoms with van der Waals surface area (Å²) in [6.45, 7) is 4.09. The second-order valence-corrected chi connectivity index (χ2v) is 5.75. The Balaban J connectivity index is 2.33. The number of hydrogen-bond donors (Lipinski definition) is 1. The lowest BCUT2D eigenvalue weighted by molar-refractivity contribution is 0.817. The van der Waals surface area contributed by atoms with E-state index in [1.165, 1.54) is 11.3 Å². The Morgan fingerprint density at radius 2 is 1.74 bits per heavy atom. The quantitative estimate of drug-likeness (QED) is 0.899. The second-order valence-electron chi connectivity index (χ2n) is 4.89. The van der Waals surface area contributed by atoms with Gasteiger partial charge in [0.05, 0.1) is 5.69 Å². The van der Waals surface area contributed by atoms with E-state index in [2.05, 4.69) is 77.3 Å². The summed E-state index contributed by atoms with van der Waals surface area (Å²) in [5.41, 5.74) is 10.6. The number of nitrogens with two attached hydrogens (primary N) is 1. The molecule has 1 atom stereocenters. The molecule has 3 heteroatoms. The second kappa shape index (κ2) is 5.76.